The fourth-order valence-corrected chi connectivity index (χ4v) is 3.00. The number of esters is 1. The Bertz CT molecular complexity index is 942. The zero-order valence-corrected chi connectivity index (χ0v) is 17.4. The van der Waals surface area contributed by atoms with Crippen LogP contribution in [0.15, 0.2) is 36.4 Å². The molecule has 0 aliphatic carbocycles. The lowest BCUT2D eigenvalue weighted by Crippen LogP contribution is -2.40. The normalized spacial score (nSPS) is 11.9. The van der Waals surface area contributed by atoms with Gasteiger partial charge in [0.05, 0.1) is 11.1 Å². The number of aryl methyl sites for hydroxylation is 2. The van der Waals surface area contributed by atoms with Crippen LogP contribution in [0.25, 0.3) is 0 Å². The molecule has 0 saturated heterocycles. The van der Waals surface area contributed by atoms with E-state index >= 15 is 0 Å². The van der Waals surface area contributed by atoms with Crippen molar-refractivity contribution in [3.8, 4) is 0 Å². The minimum absolute atomic E-state index is 0.166. The predicted molar refractivity (Wildman–Crippen MR) is 105 cm³/mol. The number of benzene rings is 2. The highest BCUT2D eigenvalue weighted by Crippen LogP contribution is 2.34. The summed E-state index contributed by atoms with van der Waals surface area (Å²) in [6.45, 7) is 7.64. The molecule has 0 heterocycles. The lowest BCUT2D eigenvalue weighted by atomic mass is 10.0. The molecule has 2 aromatic carbocycles. The fourth-order valence-electron chi connectivity index (χ4n) is 3.00. The molecule has 4 nitrogen and oxygen atoms in total. The minimum Gasteiger partial charge on any atom is -0.459 e. The van der Waals surface area contributed by atoms with Gasteiger partial charge >= 0.3 is 12.1 Å². The van der Waals surface area contributed by atoms with E-state index in [2.05, 4.69) is 0 Å². The number of carbonyl (C=O) groups is 2. The molecule has 162 valence electrons. The molecule has 0 saturated carbocycles. The van der Waals surface area contributed by atoms with Gasteiger partial charge in [-0.1, -0.05) is 12.1 Å². The van der Waals surface area contributed by atoms with Gasteiger partial charge in [-0.25, -0.2) is 4.39 Å². The maximum absolute atomic E-state index is 14.4. The van der Waals surface area contributed by atoms with Crippen LogP contribution >= 0.6 is 0 Å². The van der Waals surface area contributed by atoms with Crippen LogP contribution in [-0.4, -0.2) is 24.0 Å². The van der Waals surface area contributed by atoms with Gasteiger partial charge in [0, 0.05) is 5.69 Å². The van der Waals surface area contributed by atoms with E-state index in [1.807, 2.05) is 0 Å². The SMILES string of the molecule is Cc1cc(C)cc(N(CC(=O)OC(C)(C)C)C(=O)c2c(F)cccc2C(F)(F)F)c1. The number of anilines is 1. The summed E-state index contributed by atoms with van der Waals surface area (Å²) in [6, 6.07) is 7.14. The van der Waals surface area contributed by atoms with Crippen molar-refractivity contribution in [3.05, 3.63) is 64.5 Å². The molecule has 0 fully saturated rings. The number of halogens is 4. The van der Waals surface area contributed by atoms with E-state index in [1.165, 1.54) is 12.1 Å². The molecule has 0 radical (unpaired) electrons. The summed E-state index contributed by atoms with van der Waals surface area (Å²) in [5.74, 6) is -3.44. The van der Waals surface area contributed by atoms with Gasteiger partial charge in [-0.2, -0.15) is 13.2 Å². The second-order valence-corrected chi connectivity index (χ2v) is 7.98. The Labute approximate surface area is 172 Å². The minimum atomic E-state index is -4.95. The Morgan fingerprint density at radius 2 is 1.57 bits per heavy atom. The molecule has 1 amide bonds. The number of carbonyl (C=O) groups excluding carboxylic acids is 2. The van der Waals surface area contributed by atoms with Crippen molar-refractivity contribution in [2.45, 2.75) is 46.4 Å². The first-order chi connectivity index (χ1) is 13.7. The van der Waals surface area contributed by atoms with E-state index in [-0.39, 0.29) is 5.69 Å². The number of rotatable bonds is 4. The lowest BCUT2D eigenvalue weighted by molar-refractivity contribution is -0.152. The Morgan fingerprint density at radius 1 is 1.00 bits per heavy atom. The van der Waals surface area contributed by atoms with Gasteiger partial charge in [0.15, 0.2) is 0 Å². The van der Waals surface area contributed by atoms with Crippen LogP contribution in [0, 0.1) is 19.7 Å². The van der Waals surface area contributed by atoms with Crippen LogP contribution in [0.2, 0.25) is 0 Å². The van der Waals surface area contributed by atoms with E-state index in [9.17, 15) is 27.2 Å². The second kappa shape index (κ2) is 8.45. The maximum atomic E-state index is 14.4. The van der Waals surface area contributed by atoms with Gasteiger partial charge < -0.3 is 4.74 Å². The fraction of sp³-hybridized carbons (Fsp3) is 0.364. The highest BCUT2D eigenvalue weighted by molar-refractivity contribution is 6.09. The highest BCUT2D eigenvalue weighted by Gasteiger charge is 2.38. The summed E-state index contributed by atoms with van der Waals surface area (Å²) >= 11 is 0. The molecule has 0 aromatic heterocycles. The number of hydrogen-bond acceptors (Lipinski definition) is 3. The van der Waals surface area contributed by atoms with E-state index in [0.717, 1.165) is 28.2 Å². The number of alkyl halides is 3. The second-order valence-electron chi connectivity index (χ2n) is 7.98. The average molecular weight is 425 g/mol. The Kier molecular flexibility index (Phi) is 6.59. The molecule has 2 rings (SSSR count). The van der Waals surface area contributed by atoms with Gasteiger partial charge in [0.1, 0.15) is 18.0 Å². The first-order valence-corrected chi connectivity index (χ1v) is 9.17. The van der Waals surface area contributed by atoms with Crippen molar-refractivity contribution in [2.24, 2.45) is 0 Å². The molecular formula is C22H23F4NO3. The lowest BCUT2D eigenvalue weighted by Gasteiger charge is -2.27. The van der Waals surface area contributed by atoms with Crippen molar-refractivity contribution >= 4 is 17.6 Å². The molecule has 0 aliphatic heterocycles. The molecule has 0 bridgehead atoms. The van der Waals surface area contributed by atoms with Crippen LogP contribution in [0.1, 0.15) is 47.8 Å². The third-order valence-corrected chi connectivity index (χ3v) is 4.00. The number of nitrogens with zero attached hydrogens (tertiary/aromatic N) is 1. The van der Waals surface area contributed by atoms with E-state index in [4.69, 9.17) is 4.74 Å². The summed E-state index contributed by atoms with van der Waals surface area (Å²) < 4.78 is 59.9. The zero-order chi connectivity index (χ0) is 22.9. The maximum Gasteiger partial charge on any atom is 0.417 e. The van der Waals surface area contributed by atoms with E-state index in [0.29, 0.717) is 6.07 Å². The highest BCUT2D eigenvalue weighted by atomic mass is 19.4. The van der Waals surface area contributed by atoms with Crippen LogP contribution in [-0.2, 0) is 15.7 Å². The van der Waals surface area contributed by atoms with Crippen LogP contribution < -0.4 is 4.90 Å². The topological polar surface area (TPSA) is 46.6 Å². The molecule has 0 unspecified atom stereocenters. The van der Waals surface area contributed by atoms with Gasteiger partial charge in [0.25, 0.3) is 5.91 Å². The Morgan fingerprint density at radius 3 is 2.07 bits per heavy atom. The van der Waals surface area contributed by atoms with Gasteiger partial charge in [-0.3, -0.25) is 14.5 Å². The molecule has 8 heteroatoms. The van der Waals surface area contributed by atoms with Gasteiger partial charge in [0.2, 0.25) is 0 Å². The molecule has 0 atom stereocenters. The molecule has 30 heavy (non-hydrogen) atoms. The summed E-state index contributed by atoms with van der Waals surface area (Å²) in [4.78, 5) is 26.3. The van der Waals surface area contributed by atoms with Crippen LogP contribution in [0.4, 0.5) is 23.2 Å². The smallest absolute Gasteiger partial charge is 0.417 e. The van der Waals surface area contributed by atoms with E-state index in [1.54, 1.807) is 40.7 Å². The van der Waals surface area contributed by atoms with Gasteiger partial charge in [-0.05, 0) is 70.0 Å². The van der Waals surface area contributed by atoms with Crippen molar-refractivity contribution < 1.29 is 31.9 Å². The van der Waals surface area contributed by atoms with Crippen LogP contribution in [0.5, 0.6) is 0 Å². The summed E-state index contributed by atoms with van der Waals surface area (Å²) in [5.41, 5.74) is -1.82. The molecule has 0 spiro atoms. The molecule has 0 N–H and O–H groups in total. The number of ether oxygens (including phenoxy) is 1. The number of hydrogen-bond donors (Lipinski definition) is 0. The largest absolute Gasteiger partial charge is 0.459 e. The Hall–Kier alpha value is -2.90. The summed E-state index contributed by atoms with van der Waals surface area (Å²) in [5, 5.41) is 0. The molecular weight excluding hydrogens is 402 g/mol. The zero-order valence-electron chi connectivity index (χ0n) is 17.4. The van der Waals surface area contributed by atoms with E-state index < -0.39 is 47.1 Å². The summed E-state index contributed by atoms with van der Waals surface area (Å²) in [6.07, 6.45) is -4.95. The summed E-state index contributed by atoms with van der Waals surface area (Å²) in [7, 11) is 0. The van der Waals surface area contributed by atoms with Crippen LogP contribution in [0.3, 0.4) is 0 Å². The quantitative estimate of drug-likeness (QED) is 0.483. The Balaban J connectivity index is 2.60. The third kappa shape index (κ3) is 5.81. The first-order valence-electron chi connectivity index (χ1n) is 9.17. The average Bonchev–Trinajstić information content (AvgIpc) is 2.55. The van der Waals surface area contributed by atoms with Crippen molar-refractivity contribution in [3.63, 3.8) is 0 Å². The standard InChI is InChI=1S/C22H23F4NO3/c1-13-9-14(2)11-15(10-13)27(12-18(28)30-21(3,4)5)20(29)19-16(22(24,25)26)7-6-8-17(19)23/h6-11H,12H2,1-5H3. The molecule has 2 aromatic rings. The number of amides is 1. The van der Waals surface area contributed by atoms with Gasteiger partial charge in [-0.15, -0.1) is 0 Å². The molecule has 0 aliphatic rings. The van der Waals surface area contributed by atoms with Crippen molar-refractivity contribution in [1.29, 1.82) is 0 Å². The monoisotopic (exact) mass is 425 g/mol. The predicted octanol–water partition coefficient (Wildman–Crippen LogP) is 5.45. The first kappa shape index (κ1) is 23.4. The van der Waals surface area contributed by atoms with Crippen molar-refractivity contribution in [1.82, 2.24) is 0 Å². The van der Waals surface area contributed by atoms with Crippen molar-refractivity contribution in [2.75, 3.05) is 11.4 Å². The third-order valence-electron chi connectivity index (χ3n) is 4.00.